The number of ether oxygens (including phenoxy) is 2. The smallest absolute Gasteiger partial charge is 0.355 e. The molecule has 0 radical (unpaired) electrons. The Morgan fingerprint density at radius 3 is 2.31 bits per heavy atom. The van der Waals surface area contributed by atoms with Crippen LogP contribution in [0.25, 0.3) is 0 Å². The van der Waals surface area contributed by atoms with Crippen LogP contribution in [0.1, 0.15) is 20.3 Å². The molecule has 0 saturated heterocycles. The molecule has 0 aliphatic heterocycles. The fraction of sp³-hybridized carbons (Fsp3) is 0.357. The topological polar surface area (TPSA) is 131 Å². The molecule has 0 spiro atoms. The van der Waals surface area contributed by atoms with Gasteiger partial charge in [-0.3, -0.25) is 14.8 Å². The van der Waals surface area contributed by atoms with Crippen molar-refractivity contribution < 1.29 is 32.0 Å². The Morgan fingerprint density at radius 2 is 1.77 bits per heavy atom. The van der Waals surface area contributed by atoms with Gasteiger partial charge in [-0.25, -0.2) is 4.79 Å². The van der Waals surface area contributed by atoms with E-state index in [-0.39, 0.29) is 34.7 Å². The first kappa shape index (κ1) is 22.2. The largest absolute Gasteiger partial charge is 0.466 e. The highest BCUT2D eigenvalue weighted by atomic mass is 35.5. The molecular formula is C14H16Cl2N2O7S. The minimum atomic E-state index is -4.56. The third-order valence-electron chi connectivity index (χ3n) is 2.74. The van der Waals surface area contributed by atoms with Crippen LogP contribution in [0.5, 0.6) is 0 Å². The van der Waals surface area contributed by atoms with Gasteiger partial charge in [0.05, 0.1) is 35.4 Å². The molecule has 0 atom stereocenters. The molecule has 1 aromatic rings. The zero-order chi connectivity index (χ0) is 19.9. The molecule has 0 aliphatic rings. The van der Waals surface area contributed by atoms with Crippen LogP contribution in [0.2, 0.25) is 10.0 Å². The van der Waals surface area contributed by atoms with E-state index >= 15 is 0 Å². The van der Waals surface area contributed by atoms with E-state index in [1.165, 1.54) is 0 Å². The molecule has 0 amide bonds. The van der Waals surface area contributed by atoms with Crippen LogP contribution in [-0.4, -0.2) is 43.8 Å². The number of carbonyl (C=O) groups excluding carboxylic acids is 2. The Kier molecular flexibility index (Phi) is 8.28. The fourth-order valence-electron chi connectivity index (χ4n) is 1.66. The molecular weight excluding hydrogens is 411 g/mol. The van der Waals surface area contributed by atoms with Crippen molar-refractivity contribution in [3.63, 3.8) is 0 Å². The van der Waals surface area contributed by atoms with E-state index < -0.39 is 33.4 Å². The minimum Gasteiger partial charge on any atom is -0.466 e. The maximum atomic E-state index is 11.9. The van der Waals surface area contributed by atoms with Gasteiger partial charge in [0.25, 0.3) is 10.1 Å². The molecule has 0 aliphatic carbocycles. The van der Waals surface area contributed by atoms with Crippen LogP contribution < -0.4 is 5.43 Å². The van der Waals surface area contributed by atoms with E-state index in [1.807, 2.05) is 0 Å². The van der Waals surface area contributed by atoms with Gasteiger partial charge in [0.2, 0.25) is 0 Å². The highest BCUT2D eigenvalue weighted by Crippen LogP contribution is 2.31. The summed E-state index contributed by atoms with van der Waals surface area (Å²) in [6.45, 7) is 3.38. The van der Waals surface area contributed by atoms with Crippen molar-refractivity contribution >= 4 is 56.7 Å². The number of halogens is 2. The molecule has 1 rings (SSSR count). The van der Waals surface area contributed by atoms with E-state index in [1.54, 1.807) is 13.8 Å². The highest BCUT2D eigenvalue weighted by molar-refractivity contribution is 7.86. The standard InChI is InChI=1S/C14H16Cl2N2O7S/c1-3-24-13(19)7-11(14(20)25-4-2)18-17-10-5-9(16)12(6-8(10)15)26(21,22)23/h5-6,17H,3-4,7H2,1-2H3,(H,21,22,23)/b18-11-. The number of carbonyl (C=O) groups is 2. The lowest BCUT2D eigenvalue weighted by molar-refractivity contribution is -0.143. The number of nitrogens with zero attached hydrogens (tertiary/aromatic N) is 1. The van der Waals surface area contributed by atoms with Crippen molar-refractivity contribution in [2.24, 2.45) is 5.10 Å². The molecule has 0 aromatic heterocycles. The number of esters is 2. The number of rotatable bonds is 8. The van der Waals surface area contributed by atoms with Crippen LogP contribution >= 0.6 is 23.2 Å². The normalized spacial score (nSPS) is 11.8. The summed E-state index contributed by atoms with van der Waals surface area (Å²) >= 11 is 11.7. The number of hydrazone groups is 1. The van der Waals surface area contributed by atoms with Crippen molar-refractivity contribution in [1.29, 1.82) is 0 Å². The summed E-state index contributed by atoms with van der Waals surface area (Å²) in [4.78, 5) is 22.9. The lowest BCUT2D eigenvalue weighted by atomic mass is 10.3. The van der Waals surface area contributed by atoms with E-state index in [4.69, 9.17) is 37.2 Å². The first-order valence-electron chi connectivity index (χ1n) is 7.22. The van der Waals surface area contributed by atoms with Gasteiger partial charge in [-0.1, -0.05) is 23.2 Å². The molecule has 12 heteroatoms. The van der Waals surface area contributed by atoms with Crippen LogP contribution in [-0.2, 0) is 29.2 Å². The summed E-state index contributed by atoms with van der Waals surface area (Å²) in [6, 6.07) is 2.00. The van der Waals surface area contributed by atoms with Crippen molar-refractivity contribution in [2.75, 3.05) is 18.6 Å². The van der Waals surface area contributed by atoms with E-state index in [0.717, 1.165) is 12.1 Å². The predicted octanol–water partition coefficient (Wildman–Crippen LogP) is 2.52. The molecule has 144 valence electrons. The molecule has 0 saturated carbocycles. The first-order chi connectivity index (χ1) is 12.1. The molecule has 0 bridgehead atoms. The maximum absolute atomic E-state index is 11.9. The summed E-state index contributed by atoms with van der Waals surface area (Å²) in [5.74, 6) is -1.53. The zero-order valence-electron chi connectivity index (χ0n) is 13.8. The van der Waals surface area contributed by atoms with Crippen molar-refractivity contribution in [3.8, 4) is 0 Å². The molecule has 9 nitrogen and oxygen atoms in total. The molecule has 0 fully saturated rings. The lowest BCUT2D eigenvalue weighted by Gasteiger charge is -2.10. The zero-order valence-corrected chi connectivity index (χ0v) is 16.1. The van der Waals surface area contributed by atoms with Gasteiger partial charge in [-0.05, 0) is 26.0 Å². The van der Waals surface area contributed by atoms with Crippen molar-refractivity contribution in [1.82, 2.24) is 0 Å². The molecule has 1 aromatic carbocycles. The molecule has 26 heavy (non-hydrogen) atoms. The van der Waals surface area contributed by atoms with Gasteiger partial charge >= 0.3 is 11.9 Å². The second-order valence-electron chi connectivity index (χ2n) is 4.61. The van der Waals surface area contributed by atoms with Gasteiger partial charge in [0.1, 0.15) is 4.90 Å². The Balaban J connectivity index is 3.13. The van der Waals surface area contributed by atoms with Crippen molar-refractivity contribution in [3.05, 3.63) is 22.2 Å². The Hall–Kier alpha value is -1.88. The van der Waals surface area contributed by atoms with Gasteiger partial charge in [0.15, 0.2) is 5.71 Å². The SMILES string of the molecule is CCOC(=O)C/C(=N/Nc1cc(Cl)c(S(=O)(=O)O)cc1Cl)C(=O)OCC. The molecule has 0 heterocycles. The monoisotopic (exact) mass is 426 g/mol. The summed E-state index contributed by atoms with van der Waals surface area (Å²) in [5.41, 5.74) is 2.16. The van der Waals surface area contributed by atoms with Crippen LogP contribution in [0.15, 0.2) is 22.1 Å². The van der Waals surface area contributed by atoms with E-state index in [2.05, 4.69) is 10.5 Å². The Labute approximate surface area is 160 Å². The predicted molar refractivity (Wildman–Crippen MR) is 95.2 cm³/mol. The van der Waals surface area contributed by atoms with Crippen molar-refractivity contribution in [2.45, 2.75) is 25.2 Å². The van der Waals surface area contributed by atoms with Gasteiger partial charge < -0.3 is 9.47 Å². The van der Waals surface area contributed by atoms with E-state index in [9.17, 15) is 18.0 Å². The summed E-state index contributed by atoms with van der Waals surface area (Å²) in [5, 5.41) is 3.30. The number of nitrogens with one attached hydrogen (secondary N) is 1. The average Bonchev–Trinajstić information content (AvgIpc) is 2.53. The number of hydrogen-bond acceptors (Lipinski definition) is 8. The maximum Gasteiger partial charge on any atom is 0.355 e. The summed E-state index contributed by atoms with van der Waals surface area (Å²) in [6.07, 6.45) is -0.450. The molecule has 2 N–H and O–H groups in total. The third kappa shape index (κ3) is 6.45. The second-order valence-corrected chi connectivity index (χ2v) is 6.81. The van der Waals surface area contributed by atoms with E-state index in [0.29, 0.717) is 0 Å². The highest BCUT2D eigenvalue weighted by Gasteiger charge is 2.20. The van der Waals surface area contributed by atoms with Gasteiger partial charge in [0, 0.05) is 0 Å². The first-order valence-corrected chi connectivity index (χ1v) is 9.41. The second kappa shape index (κ2) is 9.72. The third-order valence-corrected chi connectivity index (χ3v) is 4.37. The van der Waals surface area contributed by atoms with Gasteiger partial charge in [-0.15, -0.1) is 0 Å². The van der Waals surface area contributed by atoms with Crippen LogP contribution in [0, 0.1) is 0 Å². The Morgan fingerprint density at radius 1 is 1.15 bits per heavy atom. The van der Waals surface area contributed by atoms with Crippen LogP contribution in [0.3, 0.4) is 0 Å². The molecule has 0 unspecified atom stereocenters. The summed E-state index contributed by atoms with van der Waals surface area (Å²) in [7, 11) is -4.56. The average molecular weight is 427 g/mol. The number of hydrogen-bond donors (Lipinski definition) is 2. The number of anilines is 1. The quantitative estimate of drug-likeness (QED) is 0.280. The summed E-state index contributed by atoms with van der Waals surface area (Å²) < 4.78 is 41.0. The minimum absolute atomic E-state index is 0.0368. The van der Waals surface area contributed by atoms with Gasteiger partial charge in [-0.2, -0.15) is 13.5 Å². The number of benzene rings is 1. The fourth-order valence-corrected chi connectivity index (χ4v) is 2.96. The van der Waals surface area contributed by atoms with Crippen LogP contribution in [0.4, 0.5) is 5.69 Å². The Bertz CT molecular complexity index is 825. The lowest BCUT2D eigenvalue weighted by Crippen LogP contribution is -2.23.